The number of rotatable bonds is 10. The van der Waals surface area contributed by atoms with Gasteiger partial charge in [0.25, 0.3) is 5.56 Å². The minimum absolute atomic E-state index is 0.0646. The highest BCUT2D eigenvalue weighted by Gasteiger charge is 2.41. The summed E-state index contributed by atoms with van der Waals surface area (Å²) in [7, 11) is -3.61. The predicted octanol–water partition coefficient (Wildman–Crippen LogP) is 5.18. The quantitative estimate of drug-likeness (QED) is 0.401. The molecule has 1 atom stereocenters. The maximum absolute atomic E-state index is 13.1. The van der Waals surface area contributed by atoms with Gasteiger partial charge in [-0.1, -0.05) is 50.1 Å². The first-order valence-electron chi connectivity index (χ1n) is 12.1. The van der Waals surface area contributed by atoms with E-state index < -0.39 is 14.6 Å². The molecule has 1 heterocycles. The number of fused-ring (bicyclic) bond motifs is 1. The largest absolute Gasteiger partial charge is 0.315 e. The van der Waals surface area contributed by atoms with Crippen molar-refractivity contribution in [3.05, 3.63) is 70.6 Å². The van der Waals surface area contributed by atoms with Crippen LogP contribution in [0.2, 0.25) is 0 Å². The lowest BCUT2D eigenvalue weighted by molar-refractivity contribution is -0.121. The summed E-state index contributed by atoms with van der Waals surface area (Å²) in [4.78, 5) is 25.5. The molecular formula is C28H33NO4S. The van der Waals surface area contributed by atoms with Crippen LogP contribution in [0.4, 0.5) is 0 Å². The summed E-state index contributed by atoms with van der Waals surface area (Å²) in [5.74, 6) is 0.600. The van der Waals surface area contributed by atoms with Crippen LogP contribution in [0, 0.1) is 5.92 Å². The Balaban J connectivity index is 1.54. The Morgan fingerprint density at radius 3 is 2.35 bits per heavy atom. The number of ketones is 1. The van der Waals surface area contributed by atoms with Crippen LogP contribution in [0.1, 0.15) is 51.5 Å². The number of hydrogen-bond acceptors (Lipinski definition) is 4. The van der Waals surface area contributed by atoms with Gasteiger partial charge >= 0.3 is 0 Å². The van der Waals surface area contributed by atoms with E-state index in [0.29, 0.717) is 5.39 Å². The van der Waals surface area contributed by atoms with E-state index in [1.165, 1.54) is 36.3 Å². The highest BCUT2D eigenvalue weighted by atomic mass is 32.2. The first kappa shape index (κ1) is 24.4. The Bertz CT molecular complexity index is 1370. The smallest absolute Gasteiger partial charge is 0.258 e. The van der Waals surface area contributed by atoms with Crippen LogP contribution in [0.3, 0.4) is 0 Å². The molecule has 34 heavy (non-hydrogen) atoms. The third kappa shape index (κ3) is 5.02. The molecule has 2 aromatic carbocycles. The summed E-state index contributed by atoms with van der Waals surface area (Å²) in [6.45, 7) is 3.28. The highest BCUT2D eigenvalue weighted by Crippen LogP contribution is 2.33. The maximum Gasteiger partial charge on any atom is 0.258 e. The molecule has 1 fully saturated rings. The van der Waals surface area contributed by atoms with E-state index in [1.54, 1.807) is 13.1 Å². The molecule has 1 aliphatic rings. The zero-order chi connectivity index (χ0) is 24.5. The molecule has 6 heteroatoms. The standard InChI is InChI=1S/C28H33NO4S/c1-4-26(30)28(2,34(3,32)33)16-18-29-17-15-24-19-23(13-14-25(24)27(29)31)22-11-9-21(10-12-22)8-7-20-5-6-20/h9-15,17,19-20H,4-8,16,18H2,1-3H3/t28-/m1/s1. The fourth-order valence-electron chi connectivity index (χ4n) is 4.52. The molecule has 4 rings (SSSR count). The van der Waals surface area contributed by atoms with Gasteiger partial charge in [0.15, 0.2) is 15.6 Å². The van der Waals surface area contributed by atoms with Gasteiger partial charge in [-0.25, -0.2) is 8.42 Å². The van der Waals surface area contributed by atoms with Crippen LogP contribution in [0.15, 0.2) is 59.5 Å². The monoisotopic (exact) mass is 479 g/mol. The van der Waals surface area contributed by atoms with E-state index in [2.05, 4.69) is 24.3 Å². The van der Waals surface area contributed by atoms with Crippen molar-refractivity contribution in [1.82, 2.24) is 4.57 Å². The van der Waals surface area contributed by atoms with Crippen molar-refractivity contribution in [3.63, 3.8) is 0 Å². The summed E-state index contributed by atoms with van der Waals surface area (Å²) in [6.07, 6.45) is 8.15. The lowest BCUT2D eigenvalue weighted by Crippen LogP contribution is -2.44. The van der Waals surface area contributed by atoms with Gasteiger partial charge in [0.05, 0.1) is 0 Å². The number of sulfone groups is 1. The number of aryl methyl sites for hydroxylation is 2. The second-order valence-electron chi connectivity index (χ2n) is 9.83. The molecular weight excluding hydrogens is 446 g/mol. The van der Waals surface area contributed by atoms with Crippen LogP contribution < -0.4 is 5.56 Å². The van der Waals surface area contributed by atoms with Crippen LogP contribution in [-0.4, -0.2) is 29.8 Å². The molecule has 0 N–H and O–H groups in total. The lowest BCUT2D eigenvalue weighted by atomic mass is 9.98. The Kier molecular flexibility index (Phi) is 6.81. The van der Waals surface area contributed by atoms with E-state index in [-0.39, 0.29) is 30.7 Å². The van der Waals surface area contributed by atoms with Gasteiger partial charge in [-0.15, -0.1) is 0 Å². The number of aromatic nitrogens is 1. The Hall–Kier alpha value is -2.73. The van der Waals surface area contributed by atoms with E-state index in [4.69, 9.17) is 0 Å². The van der Waals surface area contributed by atoms with Gasteiger partial charge in [-0.2, -0.15) is 0 Å². The Labute approximate surface area is 201 Å². The van der Waals surface area contributed by atoms with Gasteiger partial charge in [-0.3, -0.25) is 9.59 Å². The minimum Gasteiger partial charge on any atom is -0.315 e. The van der Waals surface area contributed by atoms with Crippen molar-refractivity contribution in [3.8, 4) is 11.1 Å². The number of nitrogens with zero attached hydrogens (tertiary/aromatic N) is 1. The van der Waals surface area contributed by atoms with Gasteiger partial charge in [-0.05, 0) is 72.4 Å². The molecule has 5 nitrogen and oxygen atoms in total. The van der Waals surface area contributed by atoms with Crippen molar-refractivity contribution in [2.75, 3.05) is 6.26 Å². The second kappa shape index (κ2) is 9.49. The van der Waals surface area contributed by atoms with Crippen molar-refractivity contribution < 1.29 is 13.2 Å². The fourth-order valence-corrected chi connectivity index (χ4v) is 5.54. The maximum atomic E-state index is 13.1. The zero-order valence-electron chi connectivity index (χ0n) is 20.2. The third-order valence-corrected chi connectivity index (χ3v) is 9.43. The number of Topliss-reactive ketones (excluding diaryl/α,β-unsaturated/α-hetero) is 1. The number of carbonyl (C=O) groups is 1. The summed E-state index contributed by atoms with van der Waals surface area (Å²) in [5.41, 5.74) is 3.35. The van der Waals surface area contributed by atoms with Crippen molar-refractivity contribution in [2.45, 2.75) is 63.7 Å². The first-order valence-corrected chi connectivity index (χ1v) is 14.0. The molecule has 1 aromatic heterocycles. The van der Waals surface area contributed by atoms with Gasteiger partial charge in [0, 0.05) is 30.8 Å². The van der Waals surface area contributed by atoms with Gasteiger partial charge < -0.3 is 4.57 Å². The summed E-state index contributed by atoms with van der Waals surface area (Å²) < 4.78 is 24.7. The average Bonchev–Trinajstić information content (AvgIpc) is 3.65. The second-order valence-corrected chi connectivity index (χ2v) is 12.3. The van der Waals surface area contributed by atoms with Gasteiger partial charge in [0.2, 0.25) is 0 Å². The molecule has 0 radical (unpaired) electrons. The topological polar surface area (TPSA) is 73.2 Å². The fraction of sp³-hybridized carbons (Fsp3) is 0.429. The molecule has 0 saturated heterocycles. The zero-order valence-corrected chi connectivity index (χ0v) is 21.0. The normalized spacial score (nSPS) is 15.9. The summed E-state index contributed by atoms with van der Waals surface area (Å²) in [5, 5.41) is 1.42. The number of benzene rings is 2. The van der Waals surface area contributed by atoms with Crippen LogP contribution in [0.25, 0.3) is 21.9 Å². The highest BCUT2D eigenvalue weighted by molar-refractivity contribution is 7.92. The van der Waals surface area contributed by atoms with Crippen molar-refractivity contribution in [2.24, 2.45) is 5.92 Å². The van der Waals surface area contributed by atoms with E-state index >= 15 is 0 Å². The van der Waals surface area contributed by atoms with Gasteiger partial charge in [0.1, 0.15) is 4.75 Å². The molecule has 0 unspecified atom stereocenters. The molecule has 0 spiro atoms. The van der Waals surface area contributed by atoms with Crippen LogP contribution in [0.5, 0.6) is 0 Å². The predicted molar refractivity (Wildman–Crippen MR) is 138 cm³/mol. The molecule has 3 aromatic rings. The molecule has 0 aliphatic heterocycles. The van der Waals surface area contributed by atoms with Crippen LogP contribution >= 0.6 is 0 Å². The molecule has 1 saturated carbocycles. The molecule has 1 aliphatic carbocycles. The Morgan fingerprint density at radius 2 is 1.74 bits per heavy atom. The van der Waals surface area contributed by atoms with Crippen molar-refractivity contribution in [1.29, 1.82) is 0 Å². The third-order valence-electron chi connectivity index (χ3n) is 7.36. The van der Waals surface area contributed by atoms with E-state index in [1.807, 2.05) is 24.3 Å². The molecule has 0 amide bonds. The lowest BCUT2D eigenvalue weighted by Gasteiger charge is -2.26. The molecule has 180 valence electrons. The molecule has 0 bridgehead atoms. The number of hydrogen-bond donors (Lipinski definition) is 0. The average molecular weight is 480 g/mol. The summed E-state index contributed by atoms with van der Waals surface area (Å²) >= 11 is 0. The Morgan fingerprint density at radius 1 is 1.06 bits per heavy atom. The van der Waals surface area contributed by atoms with Crippen LogP contribution in [-0.2, 0) is 27.6 Å². The van der Waals surface area contributed by atoms with E-state index in [0.717, 1.165) is 35.1 Å². The van der Waals surface area contributed by atoms with Crippen molar-refractivity contribution >= 4 is 26.4 Å². The SMILES string of the molecule is CCC(=O)[C@@](C)(CCn1ccc2cc(-c3ccc(CCC4CC4)cc3)ccc2c1=O)S(C)(=O)=O. The number of pyridine rings is 1. The first-order chi connectivity index (χ1) is 16.1. The summed E-state index contributed by atoms with van der Waals surface area (Å²) in [6, 6.07) is 16.3. The number of carbonyl (C=O) groups excluding carboxylic acids is 1. The van der Waals surface area contributed by atoms with E-state index in [9.17, 15) is 18.0 Å². The minimum atomic E-state index is -3.61.